The van der Waals surface area contributed by atoms with Crippen LogP contribution in [0.4, 0.5) is 10.1 Å². The molecule has 2 aromatic rings. The van der Waals surface area contributed by atoms with Crippen LogP contribution in [0.15, 0.2) is 29.6 Å². The average Bonchev–Trinajstić information content (AvgIpc) is 2.91. The Labute approximate surface area is 112 Å². The highest BCUT2D eigenvalue weighted by Gasteiger charge is 2.12. The van der Waals surface area contributed by atoms with Crippen LogP contribution in [0.25, 0.3) is 11.3 Å². The van der Waals surface area contributed by atoms with E-state index in [4.69, 9.17) is 0 Å². The summed E-state index contributed by atoms with van der Waals surface area (Å²) in [5.74, 6) is 0. The maximum atomic E-state index is 12.4. The molecule has 0 fully saturated rings. The van der Waals surface area contributed by atoms with Gasteiger partial charge in [-0.05, 0) is 12.1 Å². The molecule has 1 heterocycles. The van der Waals surface area contributed by atoms with E-state index in [0.29, 0.717) is 11.3 Å². The number of halogens is 1. The van der Waals surface area contributed by atoms with Crippen LogP contribution in [0.1, 0.15) is 23.6 Å². The monoisotopic (exact) mass is 282 g/mol. The molecule has 0 aliphatic rings. The third kappa shape index (κ3) is 3.65. The van der Waals surface area contributed by atoms with Crippen LogP contribution < -0.4 is 0 Å². The SMILES string of the molecule is CC.O=C(F)c1nc(-c2ccc([N+](=O)[O-])cc2)cs1. The van der Waals surface area contributed by atoms with E-state index in [0.717, 1.165) is 11.3 Å². The van der Waals surface area contributed by atoms with Gasteiger partial charge in [0.15, 0.2) is 5.01 Å². The van der Waals surface area contributed by atoms with Crippen LogP contribution in [0.3, 0.4) is 0 Å². The fourth-order valence-electron chi connectivity index (χ4n) is 1.25. The quantitative estimate of drug-likeness (QED) is 0.487. The van der Waals surface area contributed by atoms with E-state index in [1.165, 1.54) is 29.6 Å². The highest BCUT2D eigenvalue weighted by molar-refractivity contribution is 7.11. The van der Waals surface area contributed by atoms with Crippen LogP contribution >= 0.6 is 11.3 Å². The number of nitro benzene ring substituents is 1. The Hall–Kier alpha value is -2.15. The number of nitro groups is 1. The van der Waals surface area contributed by atoms with Gasteiger partial charge in [0.05, 0.1) is 10.6 Å². The van der Waals surface area contributed by atoms with E-state index < -0.39 is 11.0 Å². The van der Waals surface area contributed by atoms with Gasteiger partial charge in [-0.3, -0.25) is 14.9 Å². The van der Waals surface area contributed by atoms with Gasteiger partial charge in [-0.25, -0.2) is 4.98 Å². The zero-order chi connectivity index (χ0) is 14.4. The molecule has 0 saturated carbocycles. The molecule has 5 nitrogen and oxygen atoms in total. The Kier molecular flexibility index (Phi) is 5.25. The summed E-state index contributed by atoms with van der Waals surface area (Å²) in [6.07, 6.45) is 0. The van der Waals surface area contributed by atoms with Crippen molar-refractivity contribution in [1.82, 2.24) is 4.98 Å². The van der Waals surface area contributed by atoms with Crippen LogP contribution in [0.5, 0.6) is 0 Å². The number of carbonyl (C=O) groups excluding carboxylic acids is 1. The smallest absolute Gasteiger partial charge is 0.258 e. The molecule has 0 aliphatic carbocycles. The molecule has 0 unspecified atom stereocenters. The van der Waals surface area contributed by atoms with Crippen molar-refractivity contribution in [3.05, 3.63) is 44.8 Å². The summed E-state index contributed by atoms with van der Waals surface area (Å²) >= 11 is 0.893. The highest BCUT2D eigenvalue weighted by Crippen LogP contribution is 2.24. The summed E-state index contributed by atoms with van der Waals surface area (Å²) in [4.78, 5) is 24.1. The molecule has 0 atom stereocenters. The molecule has 0 spiro atoms. The number of hydrogen-bond donors (Lipinski definition) is 0. The largest absolute Gasteiger partial charge is 0.360 e. The minimum atomic E-state index is -1.58. The summed E-state index contributed by atoms with van der Waals surface area (Å²) in [5, 5.41) is 11.7. The molecule has 0 aliphatic heterocycles. The lowest BCUT2D eigenvalue weighted by atomic mass is 10.1. The Morgan fingerprint density at radius 1 is 1.32 bits per heavy atom. The lowest BCUT2D eigenvalue weighted by molar-refractivity contribution is -0.384. The molecule has 100 valence electrons. The van der Waals surface area contributed by atoms with Crippen molar-refractivity contribution in [3.8, 4) is 11.3 Å². The van der Waals surface area contributed by atoms with Gasteiger partial charge in [-0.2, -0.15) is 4.39 Å². The third-order valence-corrected chi connectivity index (χ3v) is 2.86. The highest BCUT2D eigenvalue weighted by atomic mass is 32.1. The molecular weight excluding hydrogens is 271 g/mol. The van der Waals surface area contributed by atoms with E-state index in [9.17, 15) is 19.3 Å². The summed E-state index contributed by atoms with van der Waals surface area (Å²) in [6, 6.07) is 4.07. The van der Waals surface area contributed by atoms with Gasteiger partial charge in [0.25, 0.3) is 5.69 Å². The van der Waals surface area contributed by atoms with Crippen LogP contribution in [0.2, 0.25) is 0 Å². The lowest BCUT2D eigenvalue weighted by Crippen LogP contribution is -1.89. The van der Waals surface area contributed by atoms with Crippen molar-refractivity contribution in [1.29, 1.82) is 0 Å². The maximum Gasteiger partial charge on any atom is 0.360 e. The Bertz CT molecular complexity index is 581. The zero-order valence-corrected chi connectivity index (χ0v) is 11.1. The van der Waals surface area contributed by atoms with E-state index in [2.05, 4.69) is 4.98 Å². The second-order valence-electron chi connectivity index (χ2n) is 3.12. The number of carbonyl (C=O) groups is 1. The van der Waals surface area contributed by atoms with Gasteiger partial charge >= 0.3 is 6.04 Å². The Morgan fingerprint density at radius 3 is 2.32 bits per heavy atom. The number of hydrogen-bond acceptors (Lipinski definition) is 5. The number of benzene rings is 1. The molecule has 0 bridgehead atoms. The molecule has 7 heteroatoms. The number of non-ortho nitro benzene ring substituents is 1. The van der Waals surface area contributed by atoms with E-state index in [1.54, 1.807) is 0 Å². The van der Waals surface area contributed by atoms with Gasteiger partial charge in [0.1, 0.15) is 0 Å². The Morgan fingerprint density at radius 2 is 1.89 bits per heavy atom. The molecule has 19 heavy (non-hydrogen) atoms. The molecule has 1 aromatic heterocycles. The fourth-order valence-corrected chi connectivity index (χ4v) is 1.91. The molecule has 1 aromatic carbocycles. The average molecular weight is 282 g/mol. The van der Waals surface area contributed by atoms with Crippen molar-refractivity contribution in [2.75, 3.05) is 0 Å². The van der Waals surface area contributed by atoms with Gasteiger partial charge in [-0.15, -0.1) is 11.3 Å². The summed E-state index contributed by atoms with van der Waals surface area (Å²) in [6.45, 7) is 4.00. The van der Waals surface area contributed by atoms with Crippen molar-refractivity contribution in [2.24, 2.45) is 0 Å². The number of aromatic nitrogens is 1. The second-order valence-corrected chi connectivity index (χ2v) is 3.97. The first kappa shape index (κ1) is 14.9. The van der Waals surface area contributed by atoms with Gasteiger partial charge in [0, 0.05) is 23.1 Å². The molecule has 0 saturated heterocycles. The summed E-state index contributed by atoms with van der Waals surface area (Å²) < 4.78 is 12.4. The van der Waals surface area contributed by atoms with Gasteiger partial charge in [-0.1, -0.05) is 13.8 Å². The number of rotatable bonds is 3. The standard InChI is InChI=1S/C10H5FN2O3S.C2H6/c11-9(14)10-12-8(5-17-10)6-1-3-7(4-2-6)13(15)16;1-2/h1-5H;1-2H3. The number of thiazole rings is 1. The fraction of sp³-hybridized carbons (Fsp3) is 0.167. The first-order valence-electron chi connectivity index (χ1n) is 5.48. The normalized spacial score (nSPS) is 9.42. The van der Waals surface area contributed by atoms with E-state index in [1.807, 2.05) is 13.8 Å². The predicted octanol–water partition coefficient (Wildman–Crippen LogP) is 3.85. The molecule has 0 amide bonds. The summed E-state index contributed by atoms with van der Waals surface area (Å²) in [7, 11) is 0. The summed E-state index contributed by atoms with van der Waals surface area (Å²) in [5.41, 5.74) is 0.982. The molecule has 0 N–H and O–H groups in total. The minimum absolute atomic E-state index is 0.0363. The van der Waals surface area contributed by atoms with Gasteiger partial charge < -0.3 is 0 Å². The molecular formula is C12H11FN2O3S. The van der Waals surface area contributed by atoms with Crippen molar-refractivity contribution < 1.29 is 14.1 Å². The Balaban J connectivity index is 0.000000861. The minimum Gasteiger partial charge on any atom is -0.258 e. The second kappa shape index (κ2) is 6.69. The zero-order valence-electron chi connectivity index (χ0n) is 10.3. The first-order chi connectivity index (χ1) is 9.08. The van der Waals surface area contributed by atoms with Crippen LogP contribution in [-0.4, -0.2) is 15.9 Å². The first-order valence-corrected chi connectivity index (χ1v) is 6.36. The lowest BCUT2D eigenvalue weighted by Gasteiger charge is -1.95. The van der Waals surface area contributed by atoms with Crippen LogP contribution in [-0.2, 0) is 0 Å². The third-order valence-electron chi connectivity index (χ3n) is 2.05. The van der Waals surface area contributed by atoms with Gasteiger partial charge in [0.2, 0.25) is 0 Å². The van der Waals surface area contributed by atoms with Crippen LogP contribution in [0, 0.1) is 10.1 Å². The maximum absolute atomic E-state index is 12.4. The molecule has 0 radical (unpaired) electrons. The predicted molar refractivity (Wildman–Crippen MR) is 71.0 cm³/mol. The van der Waals surface area contributed by atoms with E-state index in [-0.39, 0.29) is 10.7 Å². The van der Waals surface area contributed by atoms with Crippen molar-refractivity contribution in [2.45, 2.75) is 13.8 Å². The number of nitrogens with zero attached hydrogens (tertiary/aromatic N) is 2. The molecule has 2 rings (SSSR count). The van der Waals surface area contributed by atoms with Crippen molar-refractivity contribution >= 4 is 23.1 Å². The van der Waals surface area contributed by atoms with Crippen molar-refractivity contribution in [3.63, 3.8) is 0 Å². The van der Waals surface area contributed by atoms with E-state index >= 15 is 0 Å². The topological polar surface area (TPSA) is 73.1 Å².